The number of hydrogen-bond acceptors (Lipinski definition) is 6. The van der Waals surface area contributed by atoms with Crippen molar-refractivity contribution in [2.24, 2.45) is 5.14 Å². The van der Waals surface area contributed by atoms with Gasteiger partial charge in [0.05, 0.1) is 27.6 Å². The van der Waals surface area contributed by atoms with Gasteiger partial charge in [-0.1, -0.05) is 36.4 Å². The molecule has 0 aliphatic carbocycles. The van der Waals surface area contributed by atoms with E-state index in [9.17, 15) is 18.3 Å². The summed E-state index contributed by atoms with van der Waals surface area (Å²) in [5.41, 5.74) is 1.72. The Balaban J connectivity index is 1.63. The van der Waals surface area contributed by atoms with Crippen LogP contribution in [0.15, 0.2) is 48.5 Å². The van der Waals surface area contributed by atoms with Gasteiger partial charge >= 0.3 is 10.3 Å². The lowest BCUT2D eigenvalue weighted by Crippen LogP contribution is -2.54. The largest absolute Gasteiger partial charge is 0.382 e. The second kappa shape index (κ2) is 6.50. The molecule has 3 aliphatic rings. The number of benzene rings is 3. The van der Waals surface area contributed by atoms with E-state index in [0.717, 1.165) is 49.2 Å². The van der Waals surface area contributed by atoms with Gasteiger partial charge in [-0.15, -0.1) is 0 Å². The maximum Gasteiger partial charge on any atom is 0.333 e. The number of nitrogens with zero attached hydrogens (tertiary/aromatic N) is 2. The summed E-state index contributed by atoms with van der Waals surface area (Å²) in [6, 6.07) is 15.6. The molecule has 4 N–H and O–H groups in total. The molecule has 1 amide bonds. The lowest BCUT2D eigenvalue weighted by atomic mass is 9.89. The van der Waals surface area contributed by atoms with E-state index in [1.807, 2.05) is 57.7 Å². The number of carbonyl (C=O) groups excluding carboxylic acids is 1. The normalized spacial score (nSPS) is 26.6. The number of amides is 1. The summed E-state index contributed by atoms with van der Waals surface area (Å²) in [5.74, 6) is -0.115. The number of aliphatic hydroxyl groups is 1. The molecule has 0 radical (unpaired) electrons. The number of nitrogens with two attached hydrogens (primary N) is 1. The van der Waals surface area contributed by atoms with E-state index < -0.39 is 34.5 Å². The average molecular weight is 519 g/mol. The molecule has 11 heteroatoms. The maximum atomic E-state index is 13.2. The molecule has 8 rings (SSSR count). The van der Waals surface area contributed by atoms with Crippen molar-refractivity contribution in [1.82, 2.24) is 14.5 Å². The number of nitrogens with one attached hydrogen (secondary N) is 1. The molecular weight excluding hydrogens is 496 g/mol. The minimum Gasteiger partial charge on any atom is -0.382 e. The molecule has 0 spiro atoms. The first-order chi connectivity index (χ1) is 17.6. The molecule has 5 heterocycles. The third kappa shape index (κ3) is 2.44. The number of rotatable bonds is 3. The SMILES string of the molecule is C[C@]12OC(C[C@]1(O)COS(N)(=O)=O)n1c3ccccc3c3c4c(c5c6ccccc6n2c5c31)CNC4=O. The smallest absolute Gasteiger partial charge is 0.333 e. The van der Waals surface area contributed by atoms with Gasteiger partial charge in [0, 0.05) is 34.5 Å². The quantitative estimate of drug-likeness (QED) is 0.336. The zero-order chi connectivity index (χ0) is 25.5. The molecular formula is C26H22N4O6S. The van der Waals surface area contributed by atoms with E-state index >= 15 is 0 Å². The van der Waals surface area contributed by atoms with Gasteiger partial charge < -0.3 is 24.3 Å². The molecule has 3 atom stereocenters. The Morgan fingerprint density at radius 1 is 1.11 bits per heavy atom. The van der Waals surface area contributed by atoms with Crippen molar-refractivity contribution in [2.75, 3.05) is 6.61 Å². The molecule has 2 bridgehead atoms. The molecule has 5 aromatic rings. The summed E-state index contributed by atoms with van der Waals surface area (Å²) in [4.78, 5) is 13.2. The molecule has 188 valence electrons. The van der Waals surface area contributed by atoms with E-state index in [0.29, 0.717) is 12.1 Å². The van der Waals surface area contributed by atoms with Crippen LogP contribution in [0.2, 0.25) is 0 Å². The van der Waals surface area contributed by atoms with Gasteiger partial charge in [-0.2, -0.15) is 8.42 Å². The Labute approximate surface area is 210 Å². The van der Waals surface area contributed by atoms with Crippen molar-refractivity contribution >= 4 is 59.8 Å². The molecule has 1 fully saturated rings. The third-order valence-corrected chi connectivity index (χ3v) is 8.88. The molecule has 37 heavy (non-hydrogen) atoms. The maximum absolute atomic E-state index is 13.2. The Hall–Kier alpha value is -3.48. The van der Waals surface area contributed by atoms with Crippen LogP contribution in [0.25, 0.3) is 43.6 Å². The van der Waals surface area contributed by atoms with Crippen LogP contribution in [-0.2, 0) is 31.5 Å². The zero-order valence-corrected chi connectivity index (χ0v) is 20.5. The van der Waals surface area contributed by atoms with E-state index in [2.05, 4.69) is 5.32 Å². The molecule has 3 aliphatic heterocycles. The van der Waals surface area contributed by atoms with E-state index in [1.165, 1.54) is 0 Å². The van der Waals surface area contributed by atoms with Crippen molar-refractivity contribution in [2.45, 2.75) is 37.4 Å². The minimum atomic E-state index is -4.31. The standard InChI is InChI=1S/C26H22N4O6S/c1-25-26(32,12-35-37(27,33)34)10-18(36-25)29-16-8-4-2-6-13(16)20-21-15(11-28-24(21)31)19-14-7-3-5-9-17(14)30(25)23(19)22(20)29/h2-9,18,32H,10-12H2,1H3,(H,28,31)(H2,27,33,34)/t18?,25-,26-/m0/s1. The number of para-hydroxylation sites is 2. The highest BCUT2D eigenvalue weighted by atomic mass is 32.2. The van der Waals surface area contributed by atoms with Crippen molar-refractivity contribution in [3.05, 3.63) is 59.7 Å². The fourth-order valence-corrected chi connectivity index (χ4v) is 7.25. The summed E-state index contributed by atoms with van der Waals surface area (Å²) < 4.78 is 39.2. The van der Waals surface area contributed by atoms with Crippen molar-refractivity contribution in [3.63, 3.8) is 0 Å². The fraction of sp³-hybridized carbons (Fsp3) is 0.269. The number of hydrogen-bond donors (Lipinski definition) is 3. The minimum absolute atomic E-state index is 0.0452. The van der Waals surface area contributed by atoms with Crippen LogP contribution in [0.5, 0.6) is 0 Å². The van der Waals surface area contributed by atoms with Gasteiger partial charge in [0.15, 0.2) is 5.72 Å². The number of aromatic nitrogens is 2. The lowest BCUT2D eigenvalue weighted by molar-refractivity contribution is -0.186. The van der Waals surface area contributed by atoms with Crippen molar-refractivity contribution < 1.29 is 27.2 Å². The third-order valence-electron chi connectivity index (χ3n) is 8.43. The molecule has 0 saturated carbocycles. The summed E-state index contributed by atoms with van der Waals surface area (Å²) in [5, 5.41) is 23.8. The van der Waals surface area contributed by atoms with Crippen molar-refractivity contribution in [1.29, 1.82) is 0 Å². The first kappa shape index (κ1) is 21.6. The molecule has 10 nitrogen and oxygen atoms in total. The Bertz CT molecular complexity index is 1990. The first-order valence-corrected chi connectivity index (χ1v) is 13.5. The Kier molecular flexibility index (Phi) is 3.79. The Morgan fingerprint density at radius 2 is 1.78 bits per heavy atom. The number of carbonyl (C=O) groups is 1. The van der Waals surface area contributed by atoms with Crippen LogP contribution < -0.4 is 10.5 Å². The van der Waals surface area contributed by atoms with Crippen LogP contribution in [0, 0.1) is 0 Å². The molecule has 1 saturated heterocycles. The average Bonchev–Trinajstić information content (AvgIpc) is 3.54. The van der Waals surface area contributed by atoms with E-state index in [-0.39, 0.29) is 12.3 Å². The number of fused-ring (bicyclic) bond motifs is 13. The highest BCUT2D eigenvalue weighted by molar-refractivity contribution is 7.84. The fourth-order valence-electron chi connectivity index (χ4n) is 6.89. The van der Waals surface area contributed by atoms with Gasteiger partial charge in [-0.25, -0.2) is 5.14 Å². The molecule has 2 aromatic heterocycles. The van der Waals surface area contributed by atoms with Gasteiger partial charge in [0.1, 0.15) is 18.4 Å². The summed E-state index contributed by atoms with van der Waals surface area (Å²) in [6.07, 6.45) is -0.616. The zero-order valence-electron chi connectivity index (χ0n) is 19.7. The van der Waals surface area contributed by atoms with Crippen molar-refractivity contribution in [3.8, 4) is 0 Å². The van der Waals surface area contributed by atoms with Gasteiger partial charge in [0.2, 0.25) is 0 Å². The predicted molar refractivity (Wildman–Crippen MR) is 136 cm³/mol. The second-order valence-corrected chi connectivity index (χ2v) is 11.5. The van der Waals surface area contributed by atoms with Crippen LogP contribution >= 0.6 is 0 Å². The van der Waals surface area contributed by atoms with Gasteiger partial charge in [-0.05, 0) is 24.6 Å². The summed E-state index contributed by atoms with van der Waals surface area (Å²) in [7, 11) is -4.31. The van der Waals surface area contributed by atoms with Crippen LogP contribution in [0.3, 0.4) is 0 Å². The summed E-state index contributed by atoms with van der Waals surface area (Å²) in [6.45, 7) is 1.56. The van der Waals surface area contributed by atoms with Gasteiger partial charge in [0.25, 0.3) is 5.91 Å². The highest BCUT2D eigenvalue weighted by Crippen LogP contribution is 2.57. The van der Waals surface area contributed by atoms with E-state index in [1.54, 1.807) is 6.92 Å². The highest BCUT2D eigenvalue weighted by Gasteiger charge is 2.61. The lowest BCUT2D eigenvalue weighted by Gasteiger charge is -2.39. The van der Waals surface area contributed by atoms with E-state index in [4.69, 9.17) is 14.1 Å². The van der Waals surface area contributed by atoms with Crippen LogP contribution in [0.4, 0.5) is 0 Å². The van der Waals surface area contributed by atoms with Crippen LogP contribution in [0.1, 0.15) is 35.5 Å². The Morgan fingerprint density at radius 3 is 2.51 bits per heavy atom. The van der Waals surface area contributed by atoms with Crippen LogP contribution in [-0.4, -0.2) is 40.8 Å². The van der Waals surface area contributed by atoms with Gasteiger partial charge in [-0.3, -0.25) is 8.98 Å². The number of ether oxygens (including phenoxy) is 1. The monoisotopic (exact) mass is 518 g/mol. The topological polar surface area (TPSA) is 138 Å². The molecule has 1 unspecified atom stereocenters. The molecule has 3 aromatic carbocycles. The second-order valence-electron chi connectivity index (χ2n) is 10.3. The summed E-state index contributed by atoms with van der Waals surface area (Å²) >= 11 is 0. The first-order valence-electron chi connectivity index (χ1n) is 12.0. The predicted octanol–water partition coefficient (Wildman–Crippen LogP) is 2.70.